The van der Waals surface area contributed by atoms with Crippen LogP contribution < -0.4 is 15.3 Å². The van der Waals surface area contributed by atoms with E-state index in [1.165, 1.54) is 0 Å². The van der Waals surface area contributed by atoms with Gasteiger partial charge >= 0.3 is 6.34 Å². The highest BCUT2D eigenvalue weighted by Gasteiger charge is 1.97. The fourth-order valence-electron chi connectivity index (χ4n) is 1.32. The number of benzene rings is 1. The van der Waals surface area contributed by atoms with E-state index in [1.807, 2.05) is 65.5 Å². The van der Waals surface area contributed by atoms with Crippen molar-refractivity contribution < 1.29 is 4.57 Å². The quantitative estimate of drug-likeness (QED) is 0.289. The highest BCUT2D eigenvalue weighted by atomic mass is 32.1. The van der Waals surface area contributed by atoms with Crippen molar-refractivity contribution >= 4 is 29.4 Å². The molecule has 1 aromatic carbocycles. The predicted molar refractivity (Wildman–Crippen MR) is 76.3 cm³/mol. The Hall–Kier alpha value is -2.27. The van der Waals surface area contributed by atoms with E-state index < -0.39 is 0 Å². The molecule has 4 nitrogen and oxygen atoms in total. The van der Waals surface area contributed by atoms with Crippen LogP contribution in [0, 0.1) is 0 Å². The molecule has 0 bridgehead atoms. The lowest BCUT2D eigenvalue weighted by molar-refractivity contribution is -0.546. The van der Waals surface area contributed by atoms with Crippen molar-refractivity contribution in [2.45, 2.75) is 0 Å². The molecule has 0 saturated carbocycles. The van der Waals surface area contributed by atoms with E-state index in [9.17, 15) is 0 Å². The van der Waals surface area contributed by atoms with Crippen LogP contribution in [0.15, 0.2) is 66.0 Å². The molecule has 0 fully saturated rings. The van der Waals surface area contributed by atoms with Gasteiger partial charge in [-0.2, -0.15) is 5.43 Å². The van der Waals surface area contributed by atoms with Crippen molar-refractivity contribution in [2.24, 2.45) is 5.10 Å². The van der Waals surface area contributed by atoms with E-state index in [4.69, 9.17) is 12.2 Å². The molecule has 0 saturated heterocycles. The third-order valence-corrected chi connectivity index (χ3v) is 2.32. The Labute approximate surface area is 111 Å². The average molecular weight is 257 g/mol. The molecule has 5 heteroatoms. The van der Waals surface area contributed by atoms with Crippen molar-refractivity contribution in [3.8, 4) is 0 Å². The fraction of sp³-hybridized carbons (Fsp3) is 0. The van der Waals surface area contributed by atoms with Crippen molar-refractivity contribution in [1.82, 2.24) is 5.43 Å². The molecule has 2 N–H and O–H groups in total. The molecule has 90 valence electrons. The van der Waals surface area contributed by atoms with Crippen LogP contribution in [0.3, 0.4) is 0 Å². The van der Waals surface area contributed by atoms with Gasteiger partial charge < -0.3 is 5.32 Å². The summed E-state index contributed by atoms with van der Waals surface area (Å²) in [5.74, 6) is 0. The largest absolute Gasteiger partial charge is 0.330 e. The van der Waals surface area contributed by atoms with Gasteiger partial charge in [0.25, 0.3) is 0 Å². The van der Waals surface area contributed by atoms with Crippen LogP contribution in [-0.2, 0) is 0 Å². The van der Waals surface area contributed by atoms with Crippen LogP contribution in [0.25, 0.3) is 0 Å². The first-order valence-corrected chi connectivity index (χ1v) is 5.86. The summed E-state index contributed by atoms with van der Waals surface area (Å²) < 4.78 is 1.82. The Kier molecular flexibility index (Phi) is 4.38. The van der Waals surface area contributed by atoms with Crippen LogP contribution in [0.2, 0.25) is 0 Å². The van der Waals surface area contributed by atoms with Crippen molar-refractivity contribution in [3.05, 3.63) is 60.9 Å². The summed E-state index contributed by atoms with van der Waals surface area (Å²) in [4.78, 5) is 0. The fourth-order valence-corrected chi connectivity index (χ4v) is 1.49. The van der Waals surface area contributed by atoms with Crippen LogP contribution in [0.1, 0.15) is 0 Å². The van der Waals surface area contributed by atoms with Crippen LogP contribution >= 0.6 is 12.2 Å². The molecule has 0 spiro atoms. The van der Waals surface area contributed by atoms with E-state index in [1.54, 1.807) is 6.34 Å². The van der Waals surface area contributed by atoms with Gasteiger partial charge in [-0.3, -0.25) is 0 Å². The Morgan fingerprint density at radius 3 is 2.44 bits per heavy atom. The smallest absolute Gasteiger partial charge is 0.316 e. The molecule has 0 aliphatic carbocycles. The van der Waals surface area contributed by atoms with E-state index >= 15 is 0 Å². The second-order valence-electron chi connectivity index (χ2n) is 3.50. The zero-order valence-corrected chi connectivity index (χ0v) is 10.5. The van der Waals surface area contributed by atoms with Gasteiger partial charge in [0.05, 0.1) is 12.4 Å². The maximum Gasteiger partial charge on any atom is 0.316 e. The van der Waals surface area contributed by atoms with Gasteiger partial charge in [0.1, 0.15) is 0 Å². The predicted octanol–water partition coefficient (Wildman–Crippen LogP) is 1.75. The summed E-state index contributed by atoms with van der Waals surface area (Å²) in [6.07, 6.45) is 5.41. The zero-order chi connectivity index (χ0) is 12.6. The topological polar surface area (TPSA) is 40.3 Å². The molecule has 0 aliphatic heterocycles. The van der Waals surface area contributed by atoms with E-state index in [2.05, 4.69) is 15.8 Å². The molecular weight excluding hydrogens is 244 g/mol. The molecule has 1 heterocycles. The summed E-state index contributed by atoms with van der Waals surface area (Å²) in [5.41, 5.74) is 3.68. The highest BCUT2D eigenvalue weighted by molar-refractivity contribution is 7.80. The molecule has 0 aliphatic rings. The standard InChI is InChI=1S/C13H12N4S/c18-13(15-12-7-3-1-4-8-12)16-14-11-17-9-5-2-6-10-17/h1-11H,(H-,15,16,18)/p+1. The molecule has 1 aromatic heterocycles. The summed E-state index contributed by atoms with van der Waals surface area (Å²) >= 11 is 5.11. The molecular formula is C13H13N4S+. The Morgan fingerprint density at radius 1 is 1.06 bits per heavy atom. The van der Waals surface area contributed by atoms with Gasteiger partial charge in [-0.05, 0) is 36.5 Å². The third kappa shape index (κ3) is 3.95. The number of nitrogens with zero attached hydrogens (tertiary/aromatic N) is 2. The Bertz CT molecular complexity index is 525. The lowest BCUT2D eigenvalue weighted by Gasteiger charge is -2.02. The number of rotatable bonds is 3. The van der Waals surface area contributed by atoms with E-state index in [0.717, 1.165) is 5.69 Å². The summed E-state index contributed by atoms with van der Waals surface area (Å²) in [5, 5.41) is 7.50. The van der Waals surface area contributed by atoms with Crippen LogP contribution in [-0.4, -0.2) is 11.5 Å². The molecule has 0 atom stereocenters. The van der Waals surface area contributed by atoms with Gasteiger partial charge in [-0.25, -0.2) is 4.57 Å². The maximum atomic E-state index is 5.11. The summed E-state index contributed by atoms with van der Waals surface area (Å²) in [6.45, 7) is 0. The molecule has 0 unspecified atom stereocenters. The number of nitrogens with one attached hydrogen (secondary N) is 2. The van der Waals surface area contributed by atoms with Crippen molar-refractivity contribution in [3.63, 3.8) is 0 Å². The van der Waals surface area contributed by atoms with Gasteiger partial charge in [0, 0.05) is 10.8 Å². The normalized spacial score (nSPS) is 10.2. The molecule has 2 rings (SSSR count). The van der Waals surface area contributed by atoms with Gasteiger partial charge in [-0.15, -0.1) is 0 Å². The molecule has 18 heavy (non-hydrogen) atoms. The van der Waals surface area contributed by atoms with Crippen LogP contribution in [0.4, 0.5) is 5.69 Å². The van der Waals surface area contributed by atoms with Crippen molar-refractivity contribution in [2.75, 3.05) is 5.32 Å². The van der Waals surface area contributed by atoms with Gasteiger partial charge in [0.15, 0.2) is 0 Å². The zero-order valence-electron chi connectivity index (χ0n) is 9.65. The van der Waals surface area contributed by atoms with Gasteiger partial charge in [-0.1, -0.05) is 24.3 Å². The number of pyridine rings is 1. The number of aromatic nitrogens is 1. The number of para-hydroxylation sites is 1. The SMILES string of the molecule is S=C(NN=C[n+]1ccccc1)Nc1ccccc1. The number of hydrogen-bond acceptors (Lipinski definition) is 2. The molecule has 0 radical (unpaired) electrons. The number of hydrogen-bond donors (Lipinski definition) is 2. The number of anilines is 1. The first-order chi connectivity index (χ1) is 8.84. The Morgan fingerprint density at radius 2 is 1.72 bits per heavy atom. The van der Waals surface area contributed by atoms with E-state index in [0.29, 0.717) is 5.11 Å². The number of thiocarbonyl (C=S) groups is 1. The minimum atomic E-state index is 0.453. The first kappa shape index (κ1) is 12.2. The van der Waals surface area contributed by atoms with E-state index in [-0.39, 0.29) is 0 Å². The Balaban J connectivity index is 1.84. The van der Waals surface area contributed by atoms with Gasteiger partial charge in [0.2, 0.25) is 5.11 Å². The second-order valence-corrected chi connectivity index (χ2v) is 3.91. The maximum absolute atomic E-state index is 5.11. The second kappa shape index (κ2) is 6.46. The molecule has 2 aromatic rings. The lowest BCUT2D eigenvalue weighted by atomic mass is 10.3. The lowest BCUT2D eigenvalue weighted by Crippen LogP contribution is -2.34. The third-order valence-electron chi connectivity index (χ3n) is 2.13. The minimum absolute atomic E-state index is 0.453. The highest BCUT2D eigenvalue weighted by Crippen LogP contribution is 2.03. The van der Waals surface area contributed by atoms with Crippen LogP contribution in [0.5, 0.6) is 0 Å². The summed E-state index contributed by atoms with van der Waals surface area (Å²) in [7, 11) is 0. The summed E-state index contributed by atoms with van der Waals surface area (Å²) in [6, 6.07) is 15.5. The number of hydrazone groups is 1. The monoisotopic (exact) mass is 257 g/mol. The first-order valence-electron chi connectivity index (χ1n) is 5.45. The molecule has 0 amide bonds. The minimum Gasteiger partial charge on any atom is -0.330 e. The van der Waals surface area contributed by atoms with Crippen molar-refractivity contribution in [1.29, 1.82) is 0 Å². The average Bonchev–Trinajstić information content (AvgIpc) is 2.41.